The summed E-state index contributed by atoms with van der Waals surface area (Å²) in [4.78, 5) is 40.8. The van der Waals surface area contributed by atoms with Crippen LogP contribution in [-0.2, 0) is 16.1 Å². The number of anilines is 1. The highest BCUT2D eigenvalue weighted by Gasteiger charge is 2.21. The molecule has 2 heterocycles. The lowest BCUT2D eigenvalue weighted by Crippen LogP contribution is -2.17. The Kier molecular flexibility index (Phi) is 5.89. The van der Waals surface area contributed by atoms with Gasteiger partial charge in [0.15, 0.2) is 0 Å². The summed E-state index contributed by atoms with van der Waals surface area (Å²) in [6.45, 7) is 1.31. The van der Waals surface area contributed by atoms with Gasteiger partial charge in [-0.1, -0.05) is 30.6 Å². The highest BCUT2D eigenvalue weighted by atomic mass is 32.1. The average Bonchev–Trinajstić information content (AvgIpc) is 3.18. The van der Waals surface area contributed by atoms with Gasteiger partial charge in [0.05, 0.1) is 11.3 Å². The van der Waals surface area contributed by atoms with Crippen LogP contribution in [0.1, 0.15) is 66.0 Å². The molecule has 9 heteroatoms. The highest BCUT2D eigenvalue weighted by molar-refractivity contribution is 7.16. The van der Waals surface area contributed by atoms with Crippen molar-refractivity contribution < 1.29 is 14.3 Å². The maximum atomic E-state index is 12.4. The van der Waals surface area contributed by atoms with E-state index in [9.17, 15) is 14.4 Å². The number of carbonyl (C=O) groups is 2. The number of amides is 1. The summed E-state index contributed by atoms with van der Waals surface area (Å²) < 4.78 is 6.64. The fraction of sp³-hybridized carbons (Fsp3) is 0.381. The summed E-state index contributed by atoms with van der Waals surface area (Å²) >= 11 is 1.43. The van der Waals surface area contributed by atoms with Crippen molar-refractivity contribution in [2.45, 2.75) is 51.6 Å². The fourth-order valence-electron chi connectivity index (χ4n) is 3.58. The van der Waals surface area contributed by atoms with E-state index in [-0.39, 0.29) is 18.1 Å². The van der Waals surface area contributed by atoms with Crippen molar-refractivity contribution in [3.05, 3.63) is 57.0 Å². The van der Waals surface area contributed by atoms with Crippen LogP contribution in [0, 0.1) is 0 Å². The Hall–Kier alpha value is -3.07. The van der Waals surface area contributed by atoms with Gasteiger partial charge in [0, 0.05) is 24.6 Å². The summed E-state index contributed by atoms with van der Waals surface area (Å²) in [5, 5.41) is 8.06. The van der Waals surface area contributed by atoms with Crippen molar-refractivity contribution in [1.82, 2.24) is 14.6 Å². The van der Waals surface area contributed by atoms with E-state index in [2.05, 4.69) is 15.4 Å². The Bertz CT molecular complexity index is 1130. The van der Waals surface area contributed by atoms with Crippen LogP contribution < -0.4 is 10.9 Å². The number of nitrogens with zero attached hydrogens (tertiary/aromatic N) is 3. The molecule has 0 radical (unpaired) electrons. The maximum absolute atomic E-state index is 12.4. The third-order valence-electron chi connectivity index (χ3n) is 5.06. The molecule has 1 fully saturated rings. The van der Waals surface area contributed by atoms with E-state index < -0.39 is 5.97 Å². The molecule has 1 aliphatic rings. The van der Waals surface area contributed by atoms with Crippen molar-refractivity contribution in [1.29, 1.82) is 0 Å². The number of rotatable bonds is 5. The number of hydrogen-bond donors (Lipinski definition) is 1. The van der Waals surface area contributed by atoms with Crippen LogP contribution in [0.4, 0.5) is 5.69 Å². The number of benzene rings is 1. The SMILES string of the molecule is CC(=O)Nc1ccc(C(=O)OCc2cc(=O)n3nc(C4CCCCC4)sc3n2)cc1. The molecule has 0 aliphatic heterocycles. The molecule has 156 valence electrons. The van der Waals surface area contributed by atoms with Gasteiger partial charge in [0.25, 0.3) is 5.56 Å². The summed E-state index contributed by atoms with van der Waals surface area (Å²) in [6, 6.07) is 7.74. The van der Waals surface area contributed by atoms with E-state index >= 15 is 0 Å². The molecule has 4 rings (SSSR count). The number of carbonyl (C=O) groups excluding carboxylic acids is 2. The molecule has 1 amide bonds. The molecule has 1 N–H and O–H groups in total. The van der Waals surface area contributed by atoms with Gasteiger partial charge in [-0.15, -0.1) is 0 Å². The molecule has 2 aromatic heterocycles. The van der Waals surface area contributed by atoms with Gasteiger partial charge in [-0.2, -0.15) is 9.61 Å². The number of aromatic nitrogens is 3. The second kappa shape index (κ2) is 8.74. The van der Waals surface area contributed by atoms with Gasteiger partial charge >= 0.3 is 5.97 Å². The molecule has 0 unspecified atom stereocenters. The van der Waals surface area contributed by atoms with Crippen LogP contribution >= 0.6 is 11.3 Å². The van der Waals surface area contributed by atoms with Gasteiger partial charge in [0.2, 0.25) is 10.9 Å². The van der Waals surface area contributed by atoms with Crippen molar-refractivity contribution in [3.8, 4) is 0 Å². The maximum Gasteiger partial charge on any atom is 0.338 e. The van der Waals surface area contributed by atoms with Crippen LogP contribution in [0.3, 0.4) is 0 Å². The van der Waals surface area contributed by atoms with Crippen molar-refractivity contribution in [2.75, 3.05) is 5.32 Å². The number of nitrogens with one attached hydrogen (secondary N) is 1. The zero-order valence-corrected chi connectivity index (χ0v) is 17.4. The Morgan fingerprint density at radius 3 is 2.63 bits per heavy atom. The molecule has 1 aromatic carbocycles. The van der Waals surface area contributed by atoms with E-state index in [1.54, 1.807) is 24.3 Å². The first-order valence-corrected chi connectivity index (χ1v) is 10.8. The Balaban J connectivity index is 1.45. The molecule has 0 saturated heterocycles. The molecular formula is C21H22N4O4S. The third-order valence-corrected chi connectivity index (χ3v) is 6.13. The van der Waals surface area contributed by atoms with E-state index in [1.807, 2.05) is 0 Å². The summed E-state index contributed by atoms with van der Waals surface area (Å²) in [5.41, 5.74) is 1.06. The lowest BCUT2D eigenvalue weighted by molar-refractivity contribution is -0.114. The van der Waals surface area contributed by atoms with Crippen LogP contribution in [0.5, 0.6) is 0 Å². The Morgan fingerprint density at radius 2 is 1.93 bits per heavy atom. The smallest absolute Gasteiger partial charge is 0.338 e. The first-order chi connectivity index (χ1) is 14.5. The zero-order chi connectivity index (χ0) is 21.1. The second-order valence-corrected chi connectivity index (χ2v) is 8.38. The quantitative estimate of drug-likeness (QED) is 0.626. The largest absolute Gasteiger partial charge is 0.456 e. The van der Waals surface area contributed by atoms with Crippen molar-refractivity contribution in [3.63, 3.8) is 0 Å². The molecular weight excluding hydrogens is 404 g/mol. The minimum atomic E-state index is -0.529. The predicted molar refractivity (Wildman–Crippen MR) is 113 cm³/mol. The standard InChI is InChI=1S/C21H22N4O4S/c1-13(26)22-16-9-7-15(8-10-16)20(28)29-12-17-11-18(27)25-21(23-17)30-19(24-25)14-5-3-2-4-6-14/h7-11,14H,2-6,12H2,1H3,(H,22,26). The fourth-order valence-corrected chi connectivity index (χ4v) is 4.67. The second-order valence-electron chi connectivity index (χ2n) is 7.39. The van der Waals surface area contributed by atoms with Crippen LogP contribution in [-0.4, -0.2) is 26.5 Å². The van der Waals surface area contributed by atoms with E-state index in [4.69, 9.17) is 4.74 Å². The molecule has 0 spiro atoms. The molecule has 1 aliphatic carbocycles. The molecule has 1 saturated carbocycles. The van der Waals surface area contributed by atoms with E-state index in [1.165, 1.54) is 48.1 Å². The first-order valence-electron chi connectivity index (χ1n) is 9.94. The molecule has 3 aromatic rings. The monoisotopic (exact) mass is 426 g/mol. The topological polar surface area (TPSA) is 103 Å². The van der Waals surface area contributed by atoms with Gasteiger partial charge in [-0.25, -0.2) is 9.78 Å². The van der Waals surface area contributed by atoms with Gasteiger partial charge in [-0.3, -0.25) is 9.59 Å². The minimum Gasteiger partial charge on any atom is -0.456 e. The Morgan fingerprint density at radius 1 is 1.20 bits per heavy atom. The Labute approximate surface area is 176 Å². The van der Waals surface area contributed by atoms with E-state index in [0.717, 1.165) is 17.8 Å². The number of ether oxygens (including phenoxy) is 1. The molecule has 8 nitrogen and oxygen atoms in total. The molecule has 0 bridgehead atoms. The molecule has 30 heavy (non-hydrogen) atoms. The van der Waals surface area contributed by atoms with Gasteiger partial charge < -0.3 is 10.1 Å². The van der Waals surface area contributed by atoms with E-state index in [0.29, 0.717) is 27.8 Å². The normalized spacial score (nSPS) is 14.6. The average molecular weight is 426 g/mol. The highest BCUT2D eigenvalue weighted by Crippen LogP contribution is 2.34. The molecule has 0 atom stereocenters. The summed E-state index contributed by atoms with van der Waals surface area (Å²) in [5.74, 6) is -0.321. The van der Waals surface area contributed by atoms with Gasteiger partial charge in [-0.05, 0) is 37.1 Å². The number of fused-ring (bicyclic) bond motifs is 1. The zero-order valence-electron chi connectivity index (χ0n) is 16.6. The van der Waals surface area contributed by atoms with Crippen LogP contribution in [0.25, 0.3) is 4.96 Å². The van der Waals surface area contributed by atoms with Crippen molar-refractivity contribution in [2.24, 2.45) is 0 Å². The predicted octanol–water partition coefficient (Wildman–Crippen LogP) is 3.51. The lowest BCUT2D eigenvalue weighted by atomic mass is 9.90. The third kappa shape index (κ3) is 4.56. The van der Waals surface area contributed by atoms with Crippen LogP contribution in [0.2, 0.25) is 0 Å². The van der Waals surface area contributed by atoms with Crippen LogP contribution in [0.15, 0.2) is 35.1 Å². The minimum absolute atomic E-state index is 0.102. The summed E-state index contributed by atoms with van der Waals surface area (Å²) in [6.07, 6.45) is 5.83. The first kappa shape index (κ1) is 20.2. The van der Waals surface area contributed by atoms with Gasteiger partial charge in [0.1, 0.15) is 11.6 Å². The number of hydrogen-bond acceptors (Lipinski definition) is 7. The lowest BCUT2D eigenvalue weighted by Gasteiger charge is -2.18. The van der Waals surface area contributed by atoms with Crippen molar-refractivity contribution >= 4 is 33.9 Å². The summed E-state index contributed by atoms with van der Waals surface area (Å²) in [7, 11) is 0. The number of esters is 1.